The van der Waals surface area contributed by atoms with Crippen LogP contribution in [0.1, 0.15) is 52.0 Å². The molecule has 1 aromatic rings. The standard InChI is InChI=1S/C20H28F3N3O2/c1-19(2,3)18(28)24-10-9-17(27)25-15-13-14(20(21,22)23)7-8-16(15)26-11-5-4-6-12-26/h7-8,13H,4-6,9-12H2,1-3H3,(H,24,28)(H,25,27). The number of carbonyl (C=O) groups excluding carboxylic acids is 2. The van der Waals surface area contributed by atoms with Crippen LogP contribution in [0.3, 0.4) is 0 Å². The Morgan fingerprint density at radius 1 is 1.07 bits per heavy atom. The van der Waals surface area contributed by atoms with Gasteiger partial charge in [0, 0.05) is 31.5 Å². The molecule has 156 valence electrons. The van der Waals surface area contributed by atoms with E-state index >= 15 is 0 Å². The van der Waals surface area contributed by atoms with E-state index in [2.05, 4.69) is 10.6 Å². The number of rotatable bonds is 5. The molecule has 5 nitrogen and oxygen atoms in total. The van der Waals surface area contributed by atoms with Crippen LogP contribution in [0.25, 0.3) is 0 Å². The molecule has 1 aliphatic heterocycles. The first kappa shape index (κ1) is 22.0. The van der Waals surface area contributed by atoms with Crippen LogP contribution in [0.4, 0.5) is 24.5 Å². The summed E-state index contributed by atoms with van der Waals surface area (Å²) in [6, 6.07) is 3.45. The number of alkyl halides is 3. The number of hydrogen-bond acceptors (Lipinski definition) is 3. The SMILES string of the molecule is CC(C)(C)C(=O)NCCC(=O)Nc1cc(C(F)(F)F)ccc1N1CCCCC1. The quantitative estimate of drug-likeness (QED) is 0.781. The lowest BCUT2D eigenvalue weighted by molar-refractivity contribution is -0.137. The summed E-state index contributed by atoms with van der Waals surface area (Å²) < 4.78 is 39.3. The van der Waals surface area contributed by atoms with E-state index < -0.39 is 23.1 Å². The maximum atomic E-state index is 13.1. The van der Waals surface area contributed by atoms with Crippen LogP contribution in [0, 0.1) is 5.41 Å². The smallest absolute Gasteiger partial charge is 0.370 e. The van der Waals surface area contributed by atoms with Crippen molar-refractivity contribution >= 4 is 23.2 Å². The largest absolute Gasteiger partial charge is 0.416 e. The van der Waals surface area contributed by atoms with Crippen LogP contribution in [0.2, 0.25) is 0 Å². The lowest BCUT2D eigenvalue weighted by Gasteiger charge is -2.31. The second kappa shape index (κ2) is 8.84. The van der Waals surface area contributed by atoms with Crippen LogP contribution in [-0.4, -0.2) is 31.4 Å². The van der Waals surface area contributed by atoms with Gasteiger partial charge < -0.3 is 15.5 Å². The predicted molar refractivity (Wildman–Crippen MR) is 103 cm³/mol. The lowest BCUT2D eigenvalue weighted by atomic mass is 9.96. The summed E-state index contributed by atoms with van der Waals surface area (Å²) in [7, 11) is 0. The van der Waals surface area contributed by atoms with Gasteiger partial charge in [-0.3, -0.25) is 9.59 Å². The van der Waals surface area contributed by atoms with Gasteiger partial charge in [-0.2, -0.15) is 13.2 Å². The Morgan fingerprint density at radius 2 is 1.71 bits per heavy atom. The molecule has 0 bridgehead atoms. The number of piperidine rings is 1. The number of carbonyl (C=O) groups is 2. The Kier molecular flexibility index (Phi) is 6.96. The van der Waals surface area contributed by atoms with Gasteiger partial charge in [0.1, 0.15) is 0 Å². The number of halogens is 3. The van der Waals surface area contributed by atoms with Gasteiger partial charge in [-0.1, -0.05) is 20.8 Å². The van der Waals surface area contributed by atoms with Crippen LogP contribution in [0.15, 0.2) is 18.2 Å². The Bertz CT molecular complexity index is 706. The minimum Gasteiger partial charge on any atom is -0.370 e. The van der Waals surface area contributed by atoms with E-state index in [1.807, 2.05) is 4.90 Å². The van der Waals surface area contributed by atoms with Gasteiger partial charge in [0.15, 0.2) is 0 Å². The zero-order valence-corrected chi connectivity index (χ0v) is 16.6. The highest BCUT2D eigenvalue weighted by Crippen LogP contribution is 2.36. The fraction of sp³-hybridized carbons (Fsp3) is 0.600. The van der Waals surface area contributed by atoms with Crippen LogP contribution in [0.5, 0.6) is 0 Å². The summed E-state index contributed by atoms with van der Waals surface area (Å²) in [5.74, 6) is -0.625. The Morgan fingerprint density at radius 3 is 2.29 bits per heavy atom. The molecule has 2 rings (SSSR count). The minimum absolute atomic E-state index is 0.0164. The van der Waals surface area contributed by atoms with Crippen molar-refractivity contribution in [3.05, 3.63) is 23.8 Å². The molecule has 1 aliphatic rings. The minimum atomic E-state index is -4.49. The van der Waals surface area contributed by atoms with Crippen molar-refractivity contribution in [1.29, 1.82) is 0 Å². The average Bonchev–Trinajstić information content (AvgIpc) is 2.60. The van der Waals surface area contributed by atoms with Crippen molar-refractivity contribution in [1.82, 2.24) is 5.32 Å². The maximum absolute atomic E-state index is 13.1. The second-order valence-corrected chi connectivity index (χ2v) is 8.08. The molecule has 0 saturated carbocycles. The zero-order chi connectivity index (χ0) is 20.9. The van der Waals surface area contributed by atoms with E-state index in [0.29, 0.717) is 5.69 Å². The molecule has 0 radical (unpaired) electrons. The molecule has 0 aliphatic carbocycles. The third kappa shape index (κ3) is 6.14. The molecule has 0 aromatic heterocycles. The first-order chi connectivity index (χ1) is 13.0. The van der Waals surface area contributed by atoms with Crippen LogP contribution < -0.4 is 15.5 Å². The van der Waals surface area contributed by atoms with E-state index in [1.54, 1.807) is 20.8 Å². The Balaban J connectivity index is 2.10. The molecule has 0 spiro atoms. The van der Waals surface area contributed by atoms with Gasteiger partial charge >= 0.3 is 6.18 Å². The summed E-state index contributed by atoms with van der Waals surface area (Å²) in [4.78, 5) is 26.1. The Labute approximate surface area is 163 Å². The van der Waals surface area contributed by atoms with Crippen LogP contribution in [-0.2, 0) is 15.8 Å². The Hall–Kier alpha value is -2.25. The molecule has 0 atom stereocenters. The number of nitrogens with zero attached hydrogens (tertiary/aromatic N) is 1. The van der Waals surface area contributed by atoms with E-state index in [9.17, 15) is 22.8 Å². The third-order valence-corrected chi connectivity index (χ3v) is 4.61. The van der Waals surface area contributed by atoms with Crippen molar-refractivity contribution in [3.8, 4) is 0 Å². The normalized spacial score (nSPS) is 15.3. The molecule has 8 heteroatoms. The van der Waals surface area contributed by atoms with Gasteiger partial charge in [-0.15, -0.1) is 0 Å². The summed E-state index contributed by atoms with van der Waals surface area (Å²) in [5.41, 5.74) is -0.618. The van der Waals surface area contributed by atoms with Gasteiger partial charge in [0.05, 0.1) is 16.9 Å². The molecular formula is C20H28F3N3O2. The molecule has 1 fully saturated rings. The molecular weight excluding hydrogens is 371 g/mol. The molecule has 1 aromatic carbocycles. The van der Waals surface area contributed by atoms with Crippen molar-refractivity contribution < 1.29 is 22.8 Å². The van der Waals surface area contributed by atoms with Crippen molar-refractivity contribution in [2.24, 2.45) is 5.41 Å². The van der Waals surface area contributed by atoms with Crippen molar-refractivity contribution in [3.63, 3.8) is 0 Å². The van der Waals surface area contributed by atoms with Crippen molar-refractivity contribution in [2.45, 2.75) is 52.6 Å². The first-order valence-corrected chi connectivity index (χ1v) is 9.53. The highest BCUT2D eigenvalue weighted by molar-refractivity contribution is 5.95. The fourth-order valence-electron chi connectivity index (χ4n) is 2.99. The predicted octanol–water partition coefficient (Wildman–Crippen LogP) is 4.19. The number of anilines is 2. The number of amides is 2. The van der Waals surface area contributed by atoms with Gasteiger partial charge in [0.25, 0.3) is 0 Å². The molecule has 28 heavy (non-hydrogen) atoms. The van der Waals surface area contributed by atoms with Crippen molar-refractivity contribution in [2.75, 3.05) is 29.9 Å². The first-order valence-electron chi connectivity index (χ1n) is 9.53. The van der Waals surface area contributed by atoms with E-state index in [-0.39, 0.29) is 24.6 Å². The van der Waals surface area contributed by atoms with Gasteiger partial charge in [0.2, 0.25) is 11.8 Å². The number of hydrogen-bond donors (Lipinski definition) is 2. The summed E-state index contributed by atoms with van der Waals surface area (Å²) >= 11 is 0. The average molecular weight is 399 g/mol. The number of benzene rings is 1. The van der Waals surface area contributed by atoms with E-state index in [0.717, 1.165) is 44.5 Å². The fourth-order valence-corrected chi connectivity index (χ4v) is 2.99. The maximum Gasteiger partial charge on any atom is 0.416 e. The van der Waals surface area contributed by atoms with Crippen LogP contribution >= 0.6 is 0 Å². The monoisotopic (exact) mass is 399 g/mol. The summed E-state index contributed by atoms with van der Waals surface area (Å²) in [6.45, 7) is 6.90. The summed E-state index contributed by atoms with van der Waals surface area (Å²) in [6.07, 6.45) is -1.48. The molecule has 1 heterocycles. The topological polar surface area (TPSA) is 61.4 Å². The molecule has 0 unspecified atom stereocenters. The zero-order valence-electron chi connectivity index (χ0n) is 16.6. The van der Waals surface area contributed by atoms with E-state index in [4.69, 9.17) is 0 Å². The number of nitrogens with one attached hydrogen (secondary N) is 2. The highest BCUT2D eigenvalue weighted by Gasteiger charge is 2.32. The lowest BCUT2D eigenvalue weighted by Crippen LogP contribution is -2.36. The second-order valence-electron chi connectivity index (χ2n) is 8.08. The highest BCUT2D eigenvalue weighted by atomic mass is 19.4. The van der Waals surface area contributed by atoms with Gasteiger partial charge in [-0.05, 0) is 37.5 Å². The third-order valence-electron chi connectivity index (χ3n) is 4.61. The van der Waals surface area contributed by atoms with Gasteiger partial charge in [-0.25, -0.2) is 0 Å². The molecule has 1 saturated heterocycles. The molecule has 2 N–H and O–H groups in total. The summed E-state index contributed by atoms with van der Waals surface area (Å²) in [5, 5.41) is 5.26. The van der Waals surface area contributed by atoms with E-state index in [1.165, 1.54) is 6.07 Å². The molecule has 2 amide bonds.